The van der Waals surface area contributed by atoms with E-state index < -0.39 is 5.03 Å². The van der Waals surface area contributed by atoms with E-state index >= 15 is 0 Å². The summed E-state index contributed by atoms with van der Waals surface area (Å²) in [6.45, 7) is 1.01. The summed E-state index contributed by atoms with van der Waals surface area (Å²) in [5, 5.41) is 13.3. The van der Waals surface area contributed by atoms with E-state index in [4.69, 9.17) is 0 Å². The number of nitrogens with one attached hydrogen (secondary N) is 1. The Hall–Kier alpha value is -1.10. The van der Waals surface area contributed by atoms with Crippen LogP contribution >= 0.6 is 0 Å². The average Bonchev–Trinajstić information content (AvgIpc) is 1.90. The fourth-order valence-corrected chi connectivity index (χ4v) is 0.602. The zero-order valence-corrected chi connectivity index (χ0v) is 4.78. The molecule has 0 radical (unpaired) electrons. The molecule has 0 saturated carbocycles. The zero-order chi connectivity index (χ0) is 6.69. The van der Waals surface area contributed by atoms with Crippen LogP contribution in [-0.4, -0.2) is 23.3 Å². The average molecular weight is 129 g/mol. The van der Waals surface area contributed by atoms with Crippen molar-refractivity contribution in [3.05, 3.63) is 22.4 Å². The second-order valence-corrected chi connectivity index (χ2v) is 1.67. The van der Waals surface area contributed by atoms with Gasteiger partial charge in [0.05, 0.1) is 6.20 Å². The van der Waals surface area contributed by atoms with E-state index in [9.17, 15) is 10.1 Å². The second-order valence-electron chi connectivity index (χ2n) is 1.67. The first kappa shape index (κ1) is 6.03. The first-order valence-corrected chi connectivity index (χ1v) is 2.59. The maximum atomic E-state index is 9.99. The molecule has 1 rings (SSSR count). The number of hydrogen-bond acceptors (Lipinski definition) is 3. The van der Waals surface area contributed by atoms with Crippen molar-refractivity contribution in [3.63, 3.8) is 0 Å². The van der Waals surface area contributed by atoms with Gasteiger partial charge in [-0.3, -0.25) is 5.32 Å². The van der Waals surface area contributed by atoms with Crippen molar-refractivity contribution < 1.29 is 5.03 Å². The predicted molar refractivity (Wildman–Crippen MR) is 30.8 cm³/mol. The summed E-state index contributed by atoms with van der Waals surface area (Å²) in [6.07, 6.45) is 3.16. The van der Waals surface area contributed by atoms with Gasteiger partial charge in [-0.15, -0.1) is 0 Å². The Morgan fingerprint density at radius 2 is 2.56 bits per heavy atom. The van der Waals surface area contributed by atoms with Gasteiger partial charge in [0.1, 0.15) is 6.67 Å². The van der Waals surface area contributed by atoms with Gasteiger partial charge in [-0.05, 0) is 6.08 Å². The molecule has 1 aliphatic rings. The molecule has 0 aliphatic carbocycles. The monoisotopic (exact) mass is 129 g/mol. The van der Waals surface area contributed by atoms with Crippen LogP contribution in [0.3, 0.4) is 0 Å². The number of hydrazine groups is 1. The molecular formula is C4H7N3O2. The summed E-state index contributed by atoms with van der Waals surface area (Å²) in [6, 6.07) is 0. The lowest BCUT2D eigenvalue weighted by Crippen LogP contribution is -2.37. The zero-order valence-electron chi connectivity index (χ0n) is 4.78. The van der Waals surface area contributed by atoms with Crippen LogP contribution in [0.15, 0.2) is 12.3 Å². The molecule has 9 heavy (non-hydrogen) atoms. The molecule has 0 aromatic carbocycles. The van der Waals surface area contributed by atoms with E-state index in [0.717, 1.165) is 5.01 Å². The van der Waals surface area contributed by atoms with E-state index in [1.165, 1.54) is 6.20 Å². The van der Waals surface area contributed by atoms with E-state index in [-0.39, 0.29) is 0 Å². The van der Waals surface area contributed by atoms with Crippen LogP contribution in [0.25, 0.3) is 0 Å². The fourth-order valence-electron chi connectivity index (χ4n) is 0.602. The van der Waals surface area contributed by atoms with Crippen molar-refractivity contribution in [3.8, 4) is 0 Å². The highest BCUT2D eigenvalue weighted by Crippen LogP contribution is 1.91. The summed E-state index contributed by atoms with van der Waals surface area (Å²) >= 11 is 0. The smallest absolute Gasteiger partial charge is 0.165 e. The number of nitrogens with zero attached hydrogens (tertiary/aromatic N) is 2. The highest BCUT2D eigenvalue weighted by molar-refractivity contribution is 4.84. The first-order chi connectivity index (χ1) is 4.30. The van der Waals surface area contributed by atoms with Gasteiger partial charge in [-0.25, -0.2) is 10.1 Å². The highest BCUT2D eigenvalue weighted by Gasteiger charge is 2.10. The summed E-state index contributed by atoms with van der Waals surface area (Å²) in [7, 11) is 0. The highest BCUT2D eigenvalue weighted by atomic mass is 16.7. The van der Waals surface area contributed by atoms with Gasteiger partial charge in [0.25, 0.3) is 0 Å². The largest absolute Gasteiger partial charge is 0.291 e. The molecule has 0 amide bonds. The molecule has 0 aromatic heterocycles. The number of hydrogen-bond donors (Lipinski definition) is 1. The van der Waals surface area contributed by atoms with Gasteiger partial charge in [0.15, 0.2) is 5.03 Å². The minimum atomic E-state index is -0.456. The Bertz CT molecular complexity index is 145. The molecule has 5 nitrogen and oxygen atoms in total. The third-order valence-corrected chi connectivity index (χ3v) is 1.02. The summed E-state index contributed by atoms with van der Waals surface area (Å²) < 4.78 is 0. The standard InChI is InChI=1S/C4H7N3O2/c8-7(9)6-3-1-2-5-4-6/h1,3,5H,2,4H2. The molecule has 0 aromatic rings. The molecule has 1 heterocycles. The maximum Gasteiger partial charge on any atom is 0.165 e. The fraction of sp³-hybridized carbons (Fsp3) is 0.500. The van der Waals surface area contributed by atoms with Crippen LogP contribution in [0.5, 0.6) is 0 Å². The lowest BCUT2D eigenvalue weighted by atomic mass is 10.5. The third-order valence-electron chi connectivity index (χ3n) is 1.02. The Morgan fingerprint density at radius 1 is 1.78 bits per heavy atom. The van der Waals surface area contributed by atoms with E-state index in [0.29, 0.717) is 13.2 Å². The van der Waals surface area contributed by atoms with Crippen LogP contribution in [0.4, 0.5) is 0 Å². The van der Waals surface area contributed by atoms with E-state index in [1.54, 1.807) is 6.08 Å². The quantitative estimate of drug-likeness (QED) is 0.385. The summed E-state index contributed by atoms with van der Waals surface area (Å²) in [5.74, 6) is 0. The predicted octanol–water partition coefficient (Wildman–Crippen LogP) is -0.446. The van der Waals surface area contributed by atoms with Crippen LogP contribution in [0, 0.1) is 10.1 Å². The van der Waals surface area contributed by atoms with Gasteiger partial charge >= 0.3 is 0 Å². The number of rotatable bonds is 1. The van der Waals surface area contributed by atoms with Gasteiger partial charge in [-0.2, -0.15) is 0 Å². The van der Waals surface area contributed by atoms with Crippen molar-refractivity contribution >= 4 is 0 Å². The SMILES string of the molecule is O=[N+]([O-])N1C=CCNC1. The van der Waals surface area contributed by atoms with Crippen LogP contribution in [-0.2, 0) is 0 Å². The van der Waals surface area contributed by atoms with E-state index in [2.05, 4.69) is 5.32 Å². The molecule has 0 unspecified atom stereocenters. The molecule has 5 heteroatoms. The van der Waals surface area contributed by atoms with Crippen molar-refractivity contribution in [2.24, 2.45) is 0 Å². The van der Waals surface area contributed by atoms with Crippen molar-refractivity contribution in [1.29, 1.82) is 0 Å². The second kappa shape index (κ2) is 2.45. The molecule has 0 spiro atoms. The Kier molecular flexibility index (Phi) is 1.64. The minimum Gasteiger partial charge on any atom is -0.291 e. The molecule has 1 N–H and O–H groups in total. The molecule has 0 saturated heterocycles. The Labute approximate surface area is 52.1 Å². The normalized spacial score (nSPS) is 18.0. The summed E-state index contributed by atoms with van der Waals surface area (Å²) in [4.78, 5) is 9.99. The topological polar surface area (TPSA) is 58.4 Å². The van der Waals surface area contributed by atoms with Gasteiger partial charge in [0, 0.05) is 6.54 Å². The van der Waals surface area contributed by atoms with Crippen LogP contribution in [0.2, 0.25) is 0 Å². The van der Waals surface area contributed by atoms with Gasteiger partial charge < -0.3 is 0 Å². The molecule has 0 fully saturated rings. The Balaban J connectivity index is 2.50. The van der Waals surface area contributed by atoms with Crippen LogP contribution < -0.4 is 5.32 Å². The molecule has 0 bridgehead atoms. The van der Waals surface area contributed by atoms with Crippen molar-refractivity contribution in [2.45, 2.75) is 0 Å². The van der Waals surface area contributed by atoms with Gasteiger partial charge in [-0.1, -0.05) is 5.01 Å². The Morgan fingerprint density at radius 3 is 2.89 bits per heavy atom. The first-order valence-electron chi connectivity index (χ1n) is 2.59. The van der Waals surface area contributed by atoms with E-state index in [1.807, 2.05) is 0 Å². The molecular weight excluding hydrogens is 122 g/mol. The number of nitro groups is 1. The summed E-state index contributed by atoms with van der Waals surface area (Å²) in [5.41, 5.74) is 0. The minimum absolute atomic E-state index is 0.295. The maximum absolute atomic E-state index is 9.99. The van der Waals surface area contributed by atoms with Crippen molar-refractivity contribution in [2.75, 3.05) is 13.2 Å². The lowest BCUT2D eigenvalue weighted by Gasteiger charge is -2.12. The molecule has 50 valence electrons. The third kappa shape index (κ3) is 1.39. The molecule has 0 atom stereocenters. The lowest BCUT2D eigenvalue weighted by molar-refractivity contribution is -0.641. The van der Waals surface area contributed by atoms with Crippen molar-refractivity contribution in [1.82, 2.24) is 10.3 Å². The molecule has 1 aliphatic heterocycles. The van der Waals surface area contributed by atoms with Crippen LogP contribution in [0.1, 0.15) is 0 Å². The van der Waals surface area contributed by atoms with Gasteiger partial charge in [0.2, 0.25) is 0 Å².